The zero-order chi connectivity index (χ0) is 23.9. The van der Waals surface area contributed by atoms with Crippen molar-refractivity contribution >= 4 is 34.8 Å². The average molecular weight is 478 g/mol. The third kappa shape index (κ3) is 5.34. The molecule has 34 heavy (non-hydrogen) atoms. The monoisotopic (exact) mass is 477 g/mol. The summed E-state index contributed by atoms with van der Waals surface area (Å²) in [5, 5.41) is 5.07. The third-order valence-electron chi connectivity index (χ3n) is 5.94. The maximum absolute atomic E-state index is 13.8. The molecule has 1 unspecified atom stereocenters. The summed E-state index contributed by atoms with van der Waals surface area (Å²) in [4.78, 5) is 45.8. The number of hydrogen-bond acceptors (Lipinski definition) is 6. The number of esters is 1. The van der Waals surface area contributed by atoms with Gasteiger partial charge in [0.2, 0.25) is 5.91 Å². The maximum Gasteiger partial charge on any atom is 0.337 e. The van der Waals surface area contributed by atoms with Crippen molar-refractivity contribution < 1.29 is 19.1 Å². The number of anilines is 1. The third-order valence-corrected chi connectivity index (χ3v) is 6.86. The number of benzene rings is 1. The molecule has 1 N–H and O–H groups in total. The molecule has 0 radical (unpaired) electrons. The summed E-state index contributed by atoms with van der Waals surface area (Å²) in [5.74, 6) is -1.10. The van der Waals surface area contributed by atoms with Gasteiger partial charge in [0.15, 0.2) is 6.04 Å². The van der Waals surface area contributed by atoms with Crippen LogP contribution in [0.2, 0.25) is 0 Å². The van der Waals surface area contributed by atoms with Crippen LogP contribution in [0.5, 0.6) is 0 Å². The molecule has 8 heteroatoms. The van der Waals surface area contributed by atoms with Crippen molar-refractivity contribution in [1.82, 2.24) is 10.3 Å². The molecule has 2 aromatic heterocycles. The molecular weight excluding hydrogens is 450 g/mol. The molecule has 0 spiro atoms. The summed E-state index contributed by atoms with van der Waals surface area (Å²) in [6.45, 7) is 0. The van der Waals surface area contributed by atoms with E-state index in [1.165, 1.54) is 29.8 Å². The fourth-order valence-electron chi connectivity index (χ4n) is 4.22. The molecule has 2 heterocycles. The Kier molecular flexibility index (Phi) is 7.69. The number of nitrogens with one attached hydrogen (secondary N) is 1. The molecule has 1 aromatic carbocycles. The van der Waals surface area contributed by atoms with Crippen molar-refractivity contribution in [2.45, 2.75) is 44.2 Å². The number of methoxy groups -OCH3 is 1. The predicted octanol–water partition coefficient (Wildman–Crippen LogP) is 4.77. The number of thiophene rings is 1. The Balaban J connectivity index is 1.75. The lowest BCUT2D eigenvalue weighted by molar-refractivity contribution is -0.123. The topological polar surface area (TPSA) is 88.6 Å². The van der Waals surface area contributed by atoms with Crippen LogP contribution in [0.15, 0.2) is 66.2 Å². The number of amides is 2. The van der Waals surface area contributed by atoms with Crippen LogP contribution in [0.1, 0.15) is 63.9 Å². The highest BCUT2D eigenvalue weighted by Crippen LogP contribution is 2.33. The van der Waals surface area contributed by atoms with Crippen LogP contribution in [0.3, 0.4) is 0 Å². The Hall–Kier alpha value is -3.52. The molecule has 1 aliphatic carbocycles. The smallest absolute Gasteiger partial charge is 0.337 e. The fourth-order valence-corrected chi connectivity index (χ4v) is 5.03. The number of ether oxygens (including phenoxy) is 1. The number of rotatable bonds is 7. The van der Waals surface area contributed by atoms with E-state index < -0.39 is 17.9 Å². The first-order chi connectivity index (χ1) is 16.6. The highest BCUT2D eigenvalue weighted by molar-refractivity contribution is 7.10. The van der Waals surface area contributed by atoms with Gasteiger partial charge in [-0.1, -0.05) is 31.4 Å². The van der Waals surface area contributed by atoms with Gasteiger partial charge in [0, 0.05) is 22.8 Å². The molecule has 176 valence electrons. The van der Waals surface area contributed by atoms with Crippen LogP contribution in [-0.4, -0.2) is 35.9 Å². The second-order valence-corrected chi connectivity index (χ2v) is 9.17. The lowest BCUT2D eigenvalue weighted by atomic mass is 9.95. The van der Waals surface area contributed by atoms with Crippen molar-refractivity contribution in [1.29, 1.82) is 0 Å². The largest absolute Gasteiger partial charge is 0.465 e. The van der Waals surface area contributed by atoms with Crippen LogP contribution >= 0.6 is 11.3 Å². The van der Waals surface area contributed by atoms with E-state index in [0.717, 1.165) is 30.6 Å². The molecule has 1 aliphatic rings. The SMILES string of the molecule is COC(=O)c1ccc(N(C(=O)c2ccccn2)C(C(=O)NC2CCCCC2)c2cccs2)cc1. The van der Waals surface area contributed by atoms with E-state index in [1.807, 2.05) is 17.5 Å². The van der Waals surface area contributed by atoms with Gasteiger partial charge in [-0.2, -0.15) is 0 Å². The fraction of sp³-hybridized carbons (Fsp3) is 0.308. The molecule has 0 saturated heterocycles. The maximum atomic E-state index is 13.8. The Bertz CT molecular complexity index is 1110. The Morgan fingerprint density at radius 2 is 1.79 bits per heavy atom. The molecule has 7 nitrogen and oxygen atoms in total. The van der Waals surface area contributed by atoms with Crippen LogP contribution in [0.4, 0.5) is 5.69 Å². The zero-order valence-corrected chi connectivity index (χ0v) is 19.8. The van der Waals surface area contributed by atoms with Crippen molar-refractivity contribution in [2.75, 3.05) is 12.0 Å². The summed E-state index contributed by atoms with van der Waals surface area (Å²) in [6, 6.07) is 14.5. The molecule has 1 saturated carbocycles. The van der Waals surface area contributed by atoms with E-state index in [4.69, 9.17) is 4.74 Å². The van der Waals surface area contributed by atoms with Crippen LogP contribution in [0, 0.1) is 0 Å². The number of nitrogens with zero attached hydrogens (tertiary/aromatic N) is 2. The van der Waals surface area contributed by atoms with Crippen molar-refractivity contribution in [3.63, 3.8) is 0 Å². The molecular formula is C26H27N3O4S. The van der Waals surface area contributed by atoms with Gasteiger partial charge in [0.1, 0.15) is 5.69 Å². The van der Waals surface area contributed by atoms with E-state index in [1.54, 1.807) is 48.7 Å². The number of aromatic nitrogens is 1. The average Bonchev–Trinajstić information content (AvgIpc) is 3.42. The predicted molar refractivity (Wildman–Crippen MR) is 131 cm³/mol. The second kappa shape index (κ2) is 11.1. The number of hydrogen-bond donors (Lipinski definition) is 1. The zero-order valence-electron chi connectivity index (χ0n) is 19.0. The Morgan fingerprint density at radius 1 is 1.03 bits per heavy atom. The number of carbonyl (C=O) groups is 3. The summed E-state index contributed by atoms with van der Waals surface area (Å²) in [5.41, 5.74) is 1.07. The minimum Gasteiger partial charge on any atom is -0.465 e. The molecule has 0 bridgehead atoms. The van der Waals surface area contributed by atoms with Crippen molar-refractivity contribution in [2.24, 2.45) is 0 Å². The summed E-state index contributed by atoms with van der Waals surface area (Å²) in [6.07, 6.45) is 6.77. The number of pyridine rings is 1. The van der Waals surface area contributed by atoms with E-state index in [0.29, 0.717) is 11.3 Å². The van der Waals surface area contributed by atoms with E-state index >= 15 is 0 Å². The molecule has 1 fully saturated rings. The van der Waals surface area contributed by atoms with Crippen LogP contribution in [0.25, 0.3) is 0 Å². The summed E-state index contributed by atoms with van der Waals surface area (Å²) in [7, 11) is 1.32. The molecule has 4 rings (SSSR count). The van der Waals surface area contributed by atoms with E-state index in [9.17, 15) is 14.4 Å². The van der Waals surface area contributed by atoms with Crippen molar-refractivity contribution in [3.8, 4) is 0 Å². The minimum atomic E-state index is -0.875. The first-order valence-corrected chi connectivity index (χ1v) is 12.2. The van der Waals surface area contributed by atoms with Gasteiger partial charge in [-0.15, -0.1) is 11.3 Å². The highest BCUT2D eigenvalue weighted by Gasteiger charge is 2.35. The van der Waals surface area contributed by atoms with E-state index in [-0.39, 0.29) is 17.6 Å². The molecule has 0 aliphatic heterocycles. The summed E-state index contributed by atoms with van der Waals surface area (Å²) >= 11 is 1.42. The van der Waals surface area contributed by atoms with E-state index in [2.05, 4.69) is 10.3 Å². The van der Waals surface area contributed by atoms with Gasteiger partial charge < -0.3 is 10.1 Å². The van der Waals surface area contributed by atoms with Gasteiger partial charge >= 0.3 is 5.97 Å². The minimum absolute atomic E-state index is 0.0946. The lowest BCUT2D eigenvalue weighted by Crippen LogP contribution is -2.47. The van der Waals surface area contributed by atoms with Gasteiger partial charge in [-0.3, -0.25) is 19.5 Å². The molecule has 2 amide bonds. The first kappa shape index (κ1) is 23.6. The van der Waals surface area contributed by atoms with Crippen molar-refractivity contribution in [3.05, 3.63) is 82.3 Å². The normalized spacial score (nSPS) is 14.7. The van der Waals surface area contributed by atoms with Gasteiger partial charge in [-0.25, -0.2) is 4.79 Å². The summed E-state index contributed by atoms with van der Waals surface area (Å²) < 4.78 is 4.79. The number of carbonyl (C=O) groups excluding carboxylic acids is 3. The van der Waals surface area contributed by atoms with Gasteiger partial charge in [0.25, 0.3) is 5.91 Å². The van der Waals surface area contributed by atoms with Gasteiger partial charge in [0.05, 0.1) is 12.7 Å². The molecule has 3 aromatic rings. The molecule has 1 atom stereocenters. The standard InChI is InChI=1S/C26H27N3O4S/c1-33-26(32)18-12-14-20(15-13-18)29(25(31)21-10-5-6-16-27-21)23(22-11-7-17-34-22)24(30)28-19-8-3-2-4-9-19/h5-7,10-17,19,23H,2-4,8-9H2,1H3,(H,28,30). The Morgan fingerprint density at radius 3 is 2.41 bits per heavy atom. The Labute approximate surface area is 202 Å². The lowest BCUT2D eigenvalue weighted by Gasteiger charge is -2.32. The van der Waals surface area contributed by atoms with Crippen LogP contribution < -0.4 is 10.2 Å². The van der Waals surface area contributed by atoms with Crippen LogP contribution in [-0.2, 0) is 9.53 Å². The quantitative estimate of drug-likeness (QED) is 0.496. The second-order valence-electron chi connectivity index (χ2n) is 8.19. The highest BCUT2D eigenvalue weighted by atomic mass is 32.1. The first-order valence-electron chi connectivity index (χ1n) is 11.3. The van der Waals surface area contributed by atoms with Gasteiger partial charge in [-0.05, 0) is 60.7 Å².